The largest absolute Gasteiger partial charge is 0.481 e. The molecule has 1 aromatic heterocycles. The molecule has 0 saturated heterocycles. The van der Waals surface area contributed by atoms with Crippen LogP contribution in [0.25, 0.3) is 10.9 Å². The maximum atomic E-state index is 12.9. The van der Waals surface area contributed by atoms with E-state index in [4.69, 9.17) is 9.72 Å². The second-order valence-corrected chi connectivity index (χ2v) is 18.3. The number of carboxylic acid groups (broad SMARTS) is 1. The third-order valence-corrected chi connectivity index (χ3v) is 15.6. The summed E-state index contributed by atoms with van der Waals surface area (Å²) in [5.74, 6) is 0.0301. The minimum Gasteiger partial charge on any atom is -0.481 e. The minimum absolute atomic E-state index is 0.0497. The fraction of sp³-hybridized carbons (Fsp3) is 0.630. The molecule has 0 radical (unpaired) electrons. The Balaban J connectivity index is 0.992. The molecule has 3 aromatic rings. The summed E-state index contributed by atoms with van der Waals surface area (Å²) in [4.78, 5) is 29.0. The molecule has 2 aromatic carbocycles. The Morgan fingerprint density at radius 2 is 1.73 bits per heavy atom. The lowest BCUT2D eigenvalue weighted by Gasteiger charge is -2.64. The van der Waals surface area contributed by atoms with Gasteiger partial charge in [0.15, 0.2) is 0 Å². The SMILES string of the molecule is CCc1nc2ccccc2c(NCc2ccc(CC[C@@]3(O)CCC4(C)C(CC(O)C5C4CC(O)C4(C)C5CC[C@@H]4C(C)CCC(=O)O)C3)cc2)c1C(=O)OC. The highest BCUT2D eigenvalue weighted by Crippen LogP contribution is 2.69. The highest BCUT2D eigenvalue weighted by atomic mass is 16.5. The molecule has 0 spiro atoms. The number of pyridine rings is 1. The standard InChI is InChI=1S/C46H62N2O7/c1-6-35-41(43(53)55-5)42(31-9-7-8-10-36(31)48-35)47-26-29-14-12-28(13-15-29)19-20-46(54)22-21-44(3)30(25-46)23-37(49)40-33-17-16-32(27(2)11-18-39(51)52)45(33,4)38(50)24-34(40)44/h7-10,12-15,27,30,32-34,37-38,40,49-50,54H,6,11,16-26H2,1-5H3,(H,47,48)(H,51,52)/t27?,30?,32-,33?,34?,37?,38?,40?,44?,45?,46-/m1/s1. The van der Waals surface area contributed by atoms with E-state index in [2.05, 4.69) is 50.4 Å². The van der Waals surface area contributed by atoms with Crippen molar-refractivity contribution < 1.29 is 34.8 Å². The Hall–Kier alpha value is -3.53. The zero-order valence-corrected chi connectivity index (χ0v) is 33.4. The van der Waals surface area contributed by atoms with Gasteiger partial charge in [-0.15, -0.1) is 0 Å². The predicted octanol–water partition coefficient (Wildman–Crippen LogP) is 7.96. The summed E-state index contributed by atoms with van der Waals surface area (Å²) >= 11 is 0. The van der Waals surface area contributed by atoms with Gasteiger partial charge in [0, 0.05) is 18.4 Å². The van der Waals surface area contributed by atoms with Crippen LogP contribution in [0.5, 0.6) is 0 Å². The van der Waals surface area contributed by atoms with Gasteiger partial charge in [-0.25, -0.2) is 4.79 Å². The van der Waals surface area contributed by atoms with E-state index in [1.807, 2.05) is 31.2 Å². The van der Waals surface area contributed by atoms with E-state index in [-0.39, 0.29) is 52.8 Å². The Kier molecular flexibility index (Phi) is 11.1. The van der Waals surface area contributed by atoms with E-state index >= 15 is 0 Å². The molecule has 298 valence electrons. The van der Waals surface area contributed by atoms with Crippen molar-refractivity contribution in [2.24, 2.45) is 46.3 Å². The number of aromatic nitrogens is 1. The molecule has 7 rings (SSSR count). The van der Waals surface area contributed by atoms with E-state index in [9.17, 15) is 30.0 Å². The number of carbonyl (C=O) groups is 2. The number of carbonyl (C=O) groups excluding carboxylic acids is 1. The van der Waals surface area contributed by atoms with Crippen molar-refractivity contribution >= 4 is 28.5 Å². The maximum Gasteiger partial charge on any atom is 0.341 e. The van der Waals surface area contributed by atoms with Crippen LogP contribution in [0.2, 0.25) is 0 Å². The summed E-state index contributed by atoms with van der Waals surface area (Å²) in [6.07, 6.45) is 7.44. The number of ether oxygens (including phenoxy) is 1. The van der Waals surface area contributed by atoms with E-state index in [0.717, 1.165) is 59.8 Å². The first kappa shape index (κ1) is 39.7. The number of benzene rings is 2. The number of aryl methyl sites for hydroxylation is 2. The van der Waals surface area contributed by atoms with Crippen LogP contribution in [0.1, 0.15) is 119 Å². The van der Waals surface area contributed by atoms with Crippen molar-refractivity contribution in [1.82, 2.24) is 4.98 Å². The average molecular weight is 755 g/mol. The van der Waals surface area contributed by atoms with Crippen molar-refractivity contribution in [2.75, 3.05) is 12.4 Å². The lowest BCUT2D eigenvalue weighted by Crippen LogP contribution is -2.63. The number of esters is 1. The summed E-state index contributed by atoms with van der Waals surface area (Å²) in [5.41, 5.74) is 3.80. The average Bonchev–Trinajstić information content (AvgIpc) is 3.54. The first-order valence-electron chi connectivity index (χ1n) is 20.8. The monoisotopic (exact) mass is 754 g/mol. The van der Waals surface area contributed by atoms with Crippen molar-refractivity contribution in [1.29, 1.82) is 0 Å². The molecule has 5 N–H and O–H groups in total. The maximum absolute atomic E-state index is 12.9. The van der Waals surface area contributed by atoms with Crippen LogP contribution in [0.3, 0.4) is 0 Å². The molecule has 4 fully saturated rings. The van der Waals surface area contributed by atoms with E-state index in [1.165, 1.54) is 7.11 Å². The molecule has 55 heavy (non-hydrogen) atoms. The number of carboxylic acids is 1. The lowest BCUT2D eigenvalue weighted by molar-refractivity contribution is -0.216. The smallest absolute Gasteiger partial charge is 0.341 e. The number of rotatable bonds is 12. The number of hydrogen-bond donors (Lipinski definition) is 5. The van der Waals surface area contributed by atoms with Gasteiger partial charge in [0.25, 0.3) is 0 Å². The molecule has 4 saturated carbocycles. The molecule has 4 aliphatic carbocycles. The highest BCUT2D eigenvalue weighted by Gasteiger charge is 2.66. The number of fused-ring (bicyclic) bond motifs is 6. The van der Waals surface area contributed by atoms with Crippen molar-refractivity contribution in [3.05, 3.63) is 70.9 Å². The fourth-order valence-electron chi connectivity index (χ4n) is 12.4. The lowest BCUT2D eigenvalue weighted by atomic mass is 9.42. The molecule has 1 heterocycles. The first-order valence-corrected chi connectivity index (χ1v) is 20.8. The number of hydrogen-bond acceptors (Lipinski definition) is 8. The molecule has 9 unspecified atom stereocenters. The number of aliphatic hydroxyl groups is 3. The number of para-hydroxylation sites is 1. The third kappa shape index (κ3) is 7.18. The van der Waals surface area contributed by atoms with Crippen LogP contribution < -0.4 is 5.32 Å². The van der Waals surface area contributed by atoms with Gasteiger partial charge in [-0.05, 0) is 134 Å². The van der Waals surface area contributed by atoms with E-state index in [1.54, 1.807) is 0 Å². The fourth-order valence-corrected chi connectivity index (χ4v) is 12.4. The van der Waals surface area contributed by atoms with Gasteiger partial charge in [0.2, 0.25) is 0 Å². The van der Waals surface area contributed by atoms with Crippen LogP contribution in [-0.2, 0) is 28.9 Å². The molecular formula is C46H62N2O7. The number of nitrogens with one attached hydrogen (secondary N) is 1. The van der Waals surface area contributed by atoms with E-state index < -0.39 is 29.7 Å². The Bertz CT molecular complexity index is 1880. The van der Waals surface area contributed by atoms with Crippen LogP contribution >= 0.6 is 0 Å². The molecule has 9 heteroatoms. The summed E-state index contributed by atoms with van der Waals surface area (Å²) in [6.45, 7) is 9.26. The van der Waals surface area contributed by atoms with Gasteiger partial charge in [-0.2, -0.15) is 0 Å². The molecule has 4 aliphatic rings. The number of anilines is 1. The van der Waals surface area contributed by atoms with Gasteiger partial charge in [0.05, 0.1) is 41.8 Å². The highest BCUT2D eigenvalue weighted by molar-refractivity contribution is 6.06. The van der Waals surface area contributed by atoms with Crippen LogP contribution in [0, 0.1) is 46.3 Å². The normalized spacial score (nSPS) is 34.7. The quantitative estimate of drug-likeness (QED) is 0.116. The van der Waals surface area contributed by atoms with Gasteiger partial charge >= 0.3 is 11.9 Å². The van der Waals surface area contributed by atoms with Crippen molar-refractivity contribution in [2.45, 2.75) is 129 Å². The van der Waals surface area contributed by atoms with Gasteiger partial charge < -0.3 is 30.5 Å². The summed E-state index contributed by atoms with van der Waals surface area (Å²) < 4.78 is 5.15. The topological polar surface area (TPSA) is 149 Å². The van der Waals surface area contributed by atoms with Gasteiger partial charge in [0.1, 0.15) is 5.56 Å². The molecule has 9 nitrogen and oxygen atoms in total. The Morgan fingerprint density at radius 1 is 1.00 bits per heavy atom. The Labute approximate surface area is 326 Å². The number of aliphatic hydroxyl groups excluding tert-OH is 2. The molecule has 0 aliphatic heterocycles. The van der Waals surface area contributed by atoms with Crippen LogP contribution in [0.15, 0.2) is 48.5 Å². The van der Waals surface area contributed by atoms with Crippen LogP contribution in [0.4, 0.5) is 5.69 Å². The molecule has 0 bridgehead atoms. The van der Waals surface area contributed by atoms with Crippen LogP contribution in [-0.4, -0.2) is 62.3 Å². The second kappa shape index (κ2) is 15.4. The zero-order chi connectivity index (χ0) is 39.3. The molecular weight excluding hydrogens is 693 g/mol. The third-order valence-electron chi connectivity index (χ3n) is 15.6. The first-order chi connectivity index (χ1) is 26.2. The zero-order valence-electron chi connectivity index (χ0n) is 33.4. The molecule has 0 amide bonds. The Morgan fingerprint density at radius 3 is 2.44 bits per heavy atom. The summed E-state index contributed by atoms with van der Waals surface area (Å²) in [6, 6.07) is 16.3. The summed E-state index contributed by atoms with van der Waals surface area (Å²) in [7, 11) is 1.40. The molecule has 11 atom stereocenters. The number of aliphatic carboxylic acids is 1. The van der Waals surface area contributed by atoms with Crippen molar-refractivity contribution in [3.8, 4) is 0 Å². The van der Waals surface area contributed by atoms with Gasteiger partial charge in [-0.3, -0.25) is 9.78 Å². The minimum atomic E-state index is -0.805. The van der Waals surface area contributed by atoms with Gasteiger partial charge in [-0.1, -0.05) is 70.2 Å². The summed E-state index contributed by atoms with van der Waals surface area (Å²) in [5, 5.41) is 49.6. The number of nitrogens with zero attached hydrogens (tertiary/aromatic N) is 1. The predicted molar refractivity (Wildman–Crippen MR) is 214 cm³/mol. The van der Waals surface area contributed by atoms with E-state index in [0.29, 0.717) is 56.3 Å². The van der Waals surface area contributed by atoms with Crippen molar-refractivity contribution in [3.63, 3.8) is 0 Å². The second-order valence-electron chi connectivity index (χ2n) is 18.3. The number of methoxy groups -OCH3 is 1.